The molecular weight excluding hydrogens is 691 g/mol. The molecule has 0 spiro atoms. The van der Waals surface area contributed by atoms with Crippen molar-refractivity contribution in [2.24, 2.45) is 49.3 Å². The average molecular weight is 733 g/mol. The van der Waals surface area contributed by atoms with Gasteiger partial charge in [-0.1, -0.05) is 53.1 Å². The van der Waals surface area contributed by atoms with Crippen LogP contribution >= 0.6 is 11.6 Å². The zero-order valence-corrected chi connectivity index (χ0v) is 30.6. The highest BCUT2D eigenvalue weighted by molar-refractivity contribution is 6.29. The van der Waals surface area contributed by atoms with Gasteiger partial charge in [0, 0.05) is 73.8 Å². The maximum absolute atomic E-state index is 11.7. The van der Waals surface area contributed by atoms with Gasteiger partial charge < -0.3 is 4.74 Å². The molecule has 7 heterocycles. The van der Waals surface area contributed by atoms with Crippen LogP contribution in [0, 0.1) is 12.9 Å². The fourth-order valence-electron chi connectivity index (χ4n) is 3.05. The van der Waals surface area contributed by atoms with Crippen molar-refractivity contribution in [2.75, 3.05) is 6.61 Å². The Labute approximate surface area is 297 Å². The lowest BCUT2D eigenvalue weighted by Crippen LogP contribution is -1.90. The number of hydrogen-bond donors (Lipinski definition) is 0. The molecule has 1 aliphatic rings. The van der Waals surface area contributed by atoms with Gasteiger partial charge in [0.1, 0.15) is 6.33 Å². The van der Waals surface area contributed by atoms with Crippen molar-refractivity contribution in [3.63, 3.8) is 0 Å². The molecule has 0 unspecified atom stereocenters. The molecule has 276 valence electrons. The van der Waals surface area contributed by atoms with E-state index in [0.717, 1.165) is 17.3 Å². The predicted octanol–water partition coefficient (Wildman–Crippen LogP) is 0.478. The van der Waals surface area contributed by atoms with Crippen LogP contribution in [-0.2, 0) is 49.3 Å². The molecule has 0 N–H and O–H groups in total. The molecule has 0 saturated heterocycles. The van der Waals surface area contributed by atoms with Crippen molar-refractivity contribution in [3.8, 4) is 5.88 Å². The first-order chi connectivity index (χ1) is 24.3. The smallest absolute Gasteiger partial charge is 0.253 e. The van der Waals surface area contributed by atoms with Crippen LogP contribution in [-0.4, -0.2) is 117 Å². The molecule has 8 rings (SSSR count). The molecule has 1 aliphatic carbocycles. The Kier molecular flexibility index (Phi) is 18.2. The van der Waals surface area contributed by atoms with Crippen molar-refractivity contribution in [1.29, 1.82) is 0 Å². The lowest BCUT2D eigenvalue weighted by atomic mass is 10.3. The molecule has 25 heteroatoms. The summed E-state index contributed by atoms with van der Waals surface area (Å²) >= 11 is 5.37. The van der Waals surface area contributed by atoms with Crippen LogP contribution in [0.2, 0.25) is 5.15 Å². The minimum atomic E-state index is -0.539. The second-order valence-corrected chi connectivity index (χ2v) is 10.7. The third kappa shape index (κ3) is 19.5. The zero-order valence-electron chi connectivity index (χ0n) is 29.8. The molecule has 0 radical (unpaired) electrons. The number of aryl methyl sites for hydroxylation is 8. The summed E-state index contributed by atoms with van der Waals surface area (Å²) in [6.07, 6.45) is 16.0. The number of halogens is 2. The fourth-order valence-corrected chi connectivity index (χ4v) is 3.22. The number of aromatic nitrogens is 22. The number of ether oxygens (including phenoxy) is 1. The summed E-state index contributed by atoms with van der Waals surface area (Å²) in [6, 6.07) is 0. The second kappa shape index (κ2) is 22.5. The van der Waals surface area contributed by atoms with Crippen LogP contribution in [0.25, 0.3) is 0 Å². The Morgan fingerprint density at radius 2 is 1.27 bits per heavy atom. The molecular formula is C26H42ClFN22O. The first-order valence-electron chi connectivity index (χ1n) is 15.0. The third-order valence-electron chi connectivity index (χ3n) is 5.35. The van der Waals surface area contributed by atoms with E-state index < -0.39 is 5.95 Å². The van der Waals surface area contributed by atoms with Gasteiger partial charge in [0.15, 0.2) is 5.15 Å². The van der Waals surface area contributed by atoms with E-state index in [4.69, 9.17) is 16.3 Å². The van der Waals surface area contributed by atoms with Crippen molar-refractivity contribution >= 4 is 11.6 Å². The maximum Gasteiger partial charge on any atom is 0.253 e. The Balaban J connectivity index is 0.000000207. The highest BCUT2D eigenvalue weighted by atomic mass is 35.5. The summed E-state index contributed by atoms with van der Waals surface area (Å²) in [5.41, 5.74) is 2.13. The van der Waals surface area contributed by atoms with Gasteiger partial charge in [-0.3, -0.25) is 28.1 Å². The van der Waals surface area contributed by atoms with Crippen LogP contribution in [0.15, 0.2) is 49.7 Å². The van der Waals surface area contributed by atoms with E-state index in [1.165, 1.54) is 34.7 Å². The number of nitrogens with zero attached hydrogens (tertiary/aromatic N) is 22. The van der Waals surface area contributed by atoms with Gasteiger partial charge >= 0.3 is 0 Å². The summed E-state index contributed by atoms with van der Waals surface area (Å²) in [4.78, 5) is 0. The number of tetrazole rings is 1. The van der Waals surface area contributed by atoms with Crippen LogP contribution in [0.3, 0.4) is 0 Å². The standard InChI is InChI=1S/C6H9N3.C5H9N3O.C4H7N3.C3H4ClN3.C3H4FN3.C3H5N3.C2H4N4/c1-9-4-6(7-8-9)5-2-3-5;1-3-9-5-4-8(2)7-6-5;1-4-3-7(2)6-5-4;2*1-7-2-3(4)5-6-7;1-6-3-2-4-5-6;1-6-2-3-4-5-6/h4-5H,2-3H2,1H3;4H,3H2,1-2H3;3H,1-2H3;2*2H,1H3;2-3H,1H3;2H,1H3. The predicted molar refractivity (Wildman–Crippen MR) is 178 cm³/mol. The number of hydrogen-bond acceptors (Lipinski definition) is 16. The molecule has 1 fully saturated rings. The third-order valence-corrected chi connectivity index (χ3v) is 5.52. The van der Waals surface area contributed by atoms with Crippen LogP contribution in [0.4, 0.5) is 4.39 Å². The van der Waals surface area contributed by atoms with E-state index in [1.807, 2.05) is 47.4 Å². The highest BCUT2D eigenvalue weighted by Crippen LogP contribution is 2.38. The topological polar surface area (TPSA) is 237 Å². The molecule has 0 bridgehead atoms. The summed E-state index contributed by atoms with van der Waals surface area (Å²) in [7, 11) is 12.5. The molecule has 0 amide bonds. The lowest BCUT2D eigenvalue weighted by Gasteiger charge is -1.91. The molecule has 7 aromatic heterocycles. The summed E-state index contributed by atoms with van der Waals surface area (Å²) in [5.74, 6) is 0.779. The molecule has 0 aromatic carbocycles. The maximum atomic E-state index is 11.7. The largest absolute Gasteiger partial charge is 0.476 e. The van der Waals surface area contributed by atoms with Crippen molar-refractivity contribution in [1.82, 2.24) is 110 Å². The van der Waals surface area contributed by atoms with E-state index in [9.17, 15) is 4.39 Å². The van der Waals surface area contributed by atoms with E-state index in [-0.39, 0.29) is 0 Å². The van der Waals surface area contributed by atoms with Gasteiger partial charge in [0.05, 0.1) is 42.8 Å². The fraction of sp³-hybridized carbons (Fsp3) is 0.500. The van der Waals surface area contributed by atoms with E-state index in [0.29, 0.717) is 17.6 Å². The summed E-state index contributed by atoms with van der Waals surface area (Å²) < 4.78 is 27.8. The molecule has 1 saturated carbocycles. The molecule has 51 heavy (non-hydrogen) atoms. The summed E-state index contributed by atoms with van der Waals surface area (Å²) in [6.45, 7) is 4.46. The minimum absolute atomic E-state index is 0.433. The Morgan fingerprint density at radius 1 is 0.667 bits per heavy atom. The van der Waals surface area contributed by atoms with E-state index in [2.05, 4.69) is 77.4 Å². The van der Waals surface area contributed by atoms with Gasteiger partial charge in [-0.15, -0.1) is 25.5 Å². The molecule has 23 nitrogen and oxygen atoms in total. The van der Waals surface area contributed by atoms with Crippen molar-refractivity contribution in [3.05, 3.63) is 72.2 Å². The number of rotatable bonds is 3. The van der Waals surface area contributed by atoms with Crippen molar-refractivity contribution in [2.45, 2.75) is 32.6 Å². The lowest BCUT2D eigenvalue weighted by molar-refractivity contribution is 0.326. The van der Waals surface area contributed by atoms with Gasteiger partial charge in [0.25, 0.3) is 11.8 Å². The second-order valence-electron chi connectivity index (χ2n) is 10.3. The highest BCUT2D eigenvalue weighted by Gasteiger charge is 2.25. The monoisotopic (exact) mass is 732 g/mol. The van der Waals surface area contributed by atoms with Gasteiger partial charge in [-0.2, -0.15) is 4.39 Å². The Bertz CT molecular complexity index is 1680. The van der Waals surface area contributed by atoms with E-state index >= 15 is 0 Å². The van der Waals surface area contributed by atoms with Gasteiger partial charge in [-0.05, 0) is 37.1 Å². The van der Waals surface area contributed by atoms with Crippen molar-refractivity contribution < 1.29 is 9.13 Å². The Hall–Kier alpha value is -6.07. The zero-order chi connectivity index (χ0) is 37.6. The van der Waals surface area contributed by atoms with Crippen LogP contribution in [0.1, 0.15) is 37.1 Å². The van der Waals surface area contributed by atoms with Crippen LogP contribution in [0.5, 0.6) is 5.88 Å². The first-order valence-corrected chi connectivity index (χ1v) is 15.4. The summed E-state index contributed by atoms with van der Waals surface area (Å²) in [5, 5.41) is 53.8. The normalized spacial score (nSPS) is 10.9. The SMILES string of the molecule is CCOc1cn(C)nn1.Cc1cn(C)nn1.Cn1cc(C2CC2)nn1.Cn1cc(Cl)nn1.Cn1cc(F)nn1.Cn1ccnn1.Cn1cnnn1. The Morgan fingerprint density at radius 3 is 1.53 bits per heavy atom. The first kappa shape index (κ1) is 41.1. The van der Waals surface area contributed by atoms with Crippen LogP contribution < -0.4 is 4.74 Å². The van der Waals surface area contributed by atoms with Gasteiger partial charge in [-0.25, -0.2) is 4.68 Å². The quantitative estimate of drug-likeness (QED) is 0.240. The molecule has 0 atom stereocenters. The van der Waals surface area contributed by atoms with E-state index in [1.54, 1.807) is 76.4 Å². The molecule has 7 aromatic rings. The molecule has 0 aliphatic heterocycles. The minimum Gasteiger partial charge on any atom is -0.476 e. The van der Waals surface area contributed by atoms with Gasteiger partial charge in [0.2, 0.25) is 0 Å². The average Bonchev–Trinajstić information content (AvgIpc) is 3.82.